The first-order valence-electron chi connectivity index (χ1n) is 11.3. The van der Waals surface area contributed by atoms with Crippen LogP contribution in [-0.2, 0) is 26.2 Å². The molecule has 0 saturated heterocycles. The first-order chi connectivity index (χ1) is 15.6. The monoisotopic (exact) mass is 487 g/mol. The predicted octanol–water partition coefficient (Wildman–Crippen LogP) is 3.71. The van der Waals surface area contributed by atoms with Crippen LogP contribution in [-0.4, -0.2) is 49.5 Å². The average Bonchev–Trinajstić information content (AvgIpc) is 2.69. The molecule has 1 unspecified atom stereocenters. The molecule has 0 fully saturated rings. The second kappa shape index (κ2) is 10.6. The normalized spacial score (nSPS) is 12.7. The standard InChI is InChI=1S/C26H37N3O4S/c1-18-10-9-11-22(14-18)16-28(21(4)25(31)27-26(5,6)7)24(30)17-29(34(8,32)33)23-13-12-19(2)20(3)15-23/h9-15,21H,16-17H2,1-8H3,(H,27,31). The number of amides is 2. The minimum atomic E-state index is -3.75. The molecule has 2 aromatic carbocycles. The molecule has 0 aliphatic carbocycles. The molecule has 2 aromatic rings. The van der Waals surface area contributed by atoms with Crippen LogP contribution in [0.5, 0.6) is 0 Å². The van der Waals surface area contributed by atoms with E-state index < -0.39 is 34.1 Å². The number of carbonyl (C=O) groups excluding carboxylic acids is 2. The van der Waals surface area contributed by atoms with Crippen molar-refractivity contribution in [3.8, 4) is 0 Å². The van der Waals surface area contributed by atoms with E-state index in [1.807, 2.05) is 71.9 Å². The molecule has 0 spiro atoms. The Hall–Kier alpha value is -2.87. The Balaban J connectivity index is 2.43. The average molecular weight is 488 g/mol. The summed E-state index contributed by atoms with van der Waals surface area (Å²) >= 11 is 0. The van der Waals surface area contributed by atoms with Crippen LogP contribution in [0.3, 0.4) is 0 Å². The van der Waals surface area contributed by atoms with Gasteiger partial charge < -0.3 is 10.2 Å². The molecule has 0 bridgehead atoms. The maximum atomic E-state index is 13.6. The van der Waals surface area contributed by atoms with Gasteiger partial charge in [0, 0.05) is 12.1 Å². The lowest BCUT2D eigenvalue weighted by Crippen LogP contribution is -2.54. The zero-order valence-electron chi connectivity index (χ0n) is 21.5. The highest BCUT2D eigenvalue weighted by molar-refractivity contribution is 7.92. The minimum absolute atomic E-state index is 0.184. The minimum Gasteiger partial charge on any atom is -0.350 e. The summed E-state index contributed by atoms with van der Waals surface area (Å²) in [5.41, 5.74) is 3.79. The van der Waals surface area contributed by atoms with Crippen molar-refractivity contribution in [2.75, 3.05) is 17.1 Å². The van der Waals surface area contributed by atoms with Crippen molar-refractivity contribution >= 4 is 27.5 Å². The van der Waals surface area contributed by atoms with E-state index in [9.17, 15) is 18.0 Å². The number of sulfonamides is 1. The Labute approximate surface area is 204 Å². The number of hydrogen-bond acceptors (Lipinski definition) is 4. The summed E-state index contributed by atoms with van der Waals surface area (Å²) < 4.78 is 26.4. The largest absolute Gasteiger partial charge is 0.350 e. The van der Waals surface area contributed by atoms with Crippen molar-refractivity contribution in [1.29, 1.82) is 0 Å². The van der Waals surface area contributed by atoms with Gasteiger partial charge in [-0.15, -0.1) is 0 Å². The fourth-order valence-electron chi connectivity index (χ4n) is 3.56. The number of benzene rings is 2. The van der Waals surface area contributed by atoms with Gasteiger partial charge in [-0.1, -0.05) is 35.9 Å². The summed E-state index contributed by atoms with van der Waals surface area (Å²) in [7, 11) is -3.75. The molecular weight excluding hydrogens is 450 g/mol. The summed E-state index contributed by atoms with van der Waals surface area (Å²) in [5, 5.41) is 2.92. The molecule has 0 radical (unpaired) electrons. The van der Waals surface area contributed by atoms with Crippen LogP contribution in [0.25, 0.3) is 0 Å². The maximum Gasteiger partial charge on any atom is 0.244 e. The molecular formula is C26H37N3O4S. The topological polar surface area (TPSA) is 86.8 Å². The van der Waals surface area contributed by atoms with Crippen LogP contribution in [0, 0.1) is 20.8 Å². The van der Waals surface area contributed by atoms with E-state index in [4.69, 9.17) is 0 Å². The number of aryl methyl sites for hydroxylation is 3. The van der Waals surface area contributed by atoms with E-state index in [0.717, 1.165) is 32.8 Å². The molecule has 2 amide bonds. The second-order valence-electron chi connectivity index (χ2n) is 9.96. The smallest absolute Gasteiger partial charge is 0.244 e. The third-order valence-electron chi connectivity index (χ3n) is 5.56. The molecule has 1 atom stereocenters. The fourth-order valence-corrected chi connectivity index (χ4v) is 4.40. The van der Waals surface area contributed by atoms with Crippen molar-refractivity contribution in [2.24, 2.45) is 0 Å². The third-order valence-corrected chi connectivity index (χ3v) is 6.70. The van der Waals surface area contributed by atoms with E-state index in [1.165, 1.54) is 4.90 Å². The van der Waals surface area contributed by atoms with Gasteiger partial charge in [-0.05, 0) is 77.3 Å². The summed E-state index contributed by atoms with van der Waals surface area (Å²) in [6.45, 7) is 12.8. The lowest BCUT2D eigenvalue weighted by molar-refractivity contribution is -0.140. The van der Waals surface area contributed by atoms with Gasteiger partial charge in [0.25, 0.3) is 0 Å². The lowest BCUT2D eigenvalue weighted by atomic mass is 10.1. The van der Waals surface area contributed by atoms with Gasteiger partial charge in [-0.3, -0.25) is 13.9 Å². The van der Waals surface area contributed by atoms with Gasteiger partial charge in [-0.2, -0.15) is 0 Å². The van der Waals surface area contributed by atoms with Gasteiger partial charge in [-0.25, -0.2) is 8.42 Å². The Morgan fingerprint density at radius 2 is 1.65 bits per heavy atom. The molecule has 0 aliphatic rings. The SMILES string of the molecule is Cc1cccc(CN(C(=O)CN(c2ccc(C)c(C)c2)S(C)(=O)=O)C(C)C(=O)NC(C)(C)C)c1. The van der Waals surface area contributed by atoms with Crippen molar-refractivity contribution in [3.63, 3.8) is 0 Å². The maximum absolute atomic E-state index is 13.6. The first kappa shape index (κ1) is 27.4. The summed E-state index contributed by atoms with van der Waals surface area (Å²) in [4.78, 5) is 28.0. The molecule has 0 aliphatic heterocycles. The van der Waals surface area contributed by atoms with Gasteiger partial charge in [0.15, 0.2) is 0 Å². The molecule has 0 aromatic heterocycles. The quantitative estimate of drug-likeness (QED) is 0.615. The third kappa shape index (κ3) is 7.58. The van der Waals surface area contributed by atoms with Crippen LogP contribution < -0.4 is 9.62 Å². The fraction of sp³-hybridized carbons (Fsp3) is 0.462. The molecule has 186 valence electrons. The Kier molecular flexibility index (Phi) is 8.53. The highest BCUT2D eigenvalue weighted by Crippen LogP contribution is 2.22. The van der Waals surface area contributed by atoms with Crippen molar-refractivity contribution < 1.29 is 18.0 Å². The lowest BCUT2D eigenvalue weighted by Gasteiger charge is -2.33. The molecule has 7 nitrogen and oxygen atoms in total. The van der Waals surface area contributed by atoms with Gasteiger partial charge in [0.2, 0.25) is 21.8 Å². The van der Waals surface area contributed by atoms with Crippen molar-refractivity contribution in [2.45, 2.75) is 66.6 Å². The Bertz CT molecular complexity index is 1150. The van der Waals surface area contributed by atoms with Crippen molar-refractivity contribution in [1.82, 2.24) is 10.2 Å². The van der Waals surface area contributed by atoms with Gasteiger partial charge >= 0.3 is 0 Å². The Morgan fingerprint density at radius 1 is 1.00 bits per heavy atom. The summed E-state index contributed by atoms with van der Waals surface area (Å²) in [6, 6.07) is 12.2. The van der Waals surface area contributed by atoms with E-state index in [1.54, 1.807) is 19.1 Å². The van der Waals surface area contributed by atoms with Gasteiger partial charge in [0.05, 0.1) is 11.9 Å². The zero-order valence-corrected chi connectivity index (χ0v) is 22.3. The van der Waals surface area contributed by atoms with Crippen LogP contribution in [0.4, 0.5) is 5.69 Å². The second-order valence-corrected chi connectivity index (χ2v) is 11.9. The van der Waals surface area contributed by atoms with Crippen molar-refractivity contribution in [3.05, 3.63) is 64.7 Å². The van der Waals surface area contributed by atoms with E-state index in [-0.39, 0.29) is 12.5 Å². The number of carbonyl (C=O) groups is 2. The van der Waals surface area contributed by atoms with E-state index >= 15 is 0 Å². The molecule has 8 heteroatoms. The number of rotatable bonds is 8. The molecule has 34 heavy (non-hydrogen) atoms. The summed E-state index contributed by atoms with van der Waals surface area (Å²) in [6.07, 6.45) is 1.08. The number of hydrogen-bond donors (Lipinski definition) is 1. The number of anilines is 1. The van der Waals surface area contributed by atoms with E-state index in [2.05, 4.69) is 5.32 Å². The van der Waals surface area contributed by atoms with E-state index in [0.29, 0.717) is 5.69 Å². The molecule has 1 N–H and O–H groups in total. The van der Waals surface area contributed by atoms with Gasteiger partial charge in [0.1, 0.15) is 12.6 Å². The predicted molar refractivity (Wildman–Crippen MR) is 137 cm³/mol. The first-order valence-corrected chi connectivity index (χ1v) is 13.2. The highest BCUT2D eigenvalue weighted by atomic mass is 32.2. The zero-order chi connectivity index (χ0) is 25.8. The molecule has 2 rings (SSSR count). The molecule has 0 saturated carbocycles. The van der Waals surface area contributed by atoms with Crippen LogP contribution >= 0.6 is 0 Å². The number of nitrogens with one attached hydrogen (secondary N) is 1. The van der Waals surface area contributed by atoms with Crippen LogP contribution in [0.1, 0.15) is 49.9 Å². The number of nitrogens with zero attached hydrogens (tertiary/aromatic N) is 2. The Morgan fingerprint density at radius 3 is 2.18 bits per heavy atom. The van der Waals surface area contributed by atoms with Crippen LogP contribution in [0.2, 0.25) is 0 Å². The summed E-state index contributed by atoms with van der Waals surface area (Å²) in [5.74, 6) is -0.757. The molecule has 0 heterocycles. The van der Waals surface area contributed by atoms with Crippen LogP contribution in [0.15, 0.2) is 42.5 Å². The highest BCUT2D eigenvalue weighted by Gasteiger charge is 2.31.